The molecule has 5 heteroatoms. The lowest BCUT2D eigenvalue weighted by Gasteiger charge is -2.14. The van der Waals surface area contributed by atoms with Gasteiger partial charge in [0, 0.05) is 6.54 Å². The van der Waals surface area contributed by atoms with Gasteiger partial charge in [-0.05, 0) is 24.5 Å². The molecule has 18 heavy (non-hydrogen) atoms. The molecule has 2 nitrogen and oxygen atoms in total. The molecule has 0 spiro atoms. The maximum atomic E-state index is 12.1. The Hall–Kier alpha value is -1.39. The molecule has 0 aliphatic carbocycles. The third-order valence-electron chi connectivity index (χ3n) is 2.32. The topological polar surface area (TPSA) is 21.3 Å². The summed E-state index contributed by atoms with van der Waals surface area (Å²) < 4.78 is 41.0. The first-order valence-corrected chi connectivity index (χ1v) is 5.91. The molecule has 0 saturated heterocycles. The molecule has 0 aliphatic heterocycles. The third-order valence-corrected chi connectivity index (χ3v) is 2.32. The Balaban J connectivity index is 2.56. The van der Waals surface area contributed by atoms with Gasteiger partial charge in [-0.25, -0.2) is 0 Å². The second-order valence-electron chi connectivity index (χ2n) is 4.51. The summed E-state index contributed by atoms with van der Waals surface area (Å²) in [5.74, 6) is 0.777. The fraction of sp³-hybridized carbons (Fsp3) is 0.538. The van der Waals surface area contributed by atoms with Crippen LogP contribution in [-0.4, -0.2) is 19.3 Å². The Labute approximate surface area is 105 Å². The van der Waals surface area contributed by atoms with E-state index >= 15 is 0 Å². The average molecular weight is 261 g/mol. The number of hydrogen-bond donors (Lipinski definition) is 1. The number of halogens is 3. The number of para-hydroxylation sites is 2. The van der Waals surface area contributed by atoms with Gasteiger partial charge in [0.05, 0.1) is 5.69 Å². The number of ether oxygens (including phenoxy) is 1. The van der Waals surface area contributed by atoms with Gasteiger partial charge in [0.2, 0.25) is 0 Å². The second kappa shape index (κ2) is 6.52. The lowest BCUT2D eigenvalue weighted by Crippen LogP contribution is -2.19. The van der Waals surface area contributed by atoms with Crippen LogP contribution in [0.1, 0.15) is 20.3 Å². The first kappa shape index (κ1) is 14.7. The SMILES string of the molecule is CC(C)CCNc1ccccc1OCC(F)(F)F. The van der Waals surface area contributed by atoms with Gasteiger partial charge in [-0.1, -0.05) is 26.0 Å². The molecule has 0 aliphatic rings. The monoisotopic (exact) mass is 261 g/mol. The van der Waals surface area contributed by atoms with Crippen LogP contribution in [0.3, 0.4) is 0 Å². The summed E-state index contributed by atoms with van der Waals surface area (Å²) in [4.78, 5) is 0. The summed E-state index contributed by atoms with van der Waals surface area (Å²) >= 11 is 0. The van der Waals surface area contributed by atoms with Crippen LogP contribution in [0.5, 0.6) is 5.75 Å². The maximum absolute atomic E-state index is 12.1. The predicted molar refractivity (Wildman–Crippen MR) is 65.9 cm³/mol. The highest BCUT2D eigenvalue weighted by Gasteiger charge is 2.28. The van der Waals surface area contributed by atoms with Crippen molar-refractivity contribution < 1.29 is 17.9 Å². The van der Waals surface area contributed by atoms with E-state index < -0.39 is 12.8 Å². The van der Waals surface area contributed by atoms with Gasteiger partial charge in [-0.3, -0.25) is 0 Å². The van der Waals surface area contributed by atoms with Crippen molar-refractivity contribution in [2.45, 2.75) is 26.4 Å². The molecular weight excluding hydrogens is 243 g/mol. The summed E-state index contributed by atoms with van der Waals surface area (Å²) in [6.07, 6.45) is -3.36. The summed E-state index contributed by atoms with van der Waals surface area (Å²) in [6, 6.07) is 6.66. The number of nitrogens with one attached hydrogen (secondary N) is 1. The van der Waals surface area contributed by atoms with E-state index in [0.29, 0.717) is 18.2 Å². The van der Waals surface area contributed by atoms with E-state index in [9.17, 15) is 13.2 Å². The highest BCUT2D eigenvalue weighted by molar-refractivity contribution is 5.56. The molecular formula is C13H18F3NO. The van der Waals surface area contributed by atoms with Gasteiger partial charge in [-0.2, -0.15) is 13.2 Å². The van der Waals surface area contributed by atoms with Crippen molar-refractivity contribution in [3.8, 4) is 5.75 Å². The molecule has 1 N–H and O–H groups in total. The van der Waals surface area contributed by atoms with E-state index in [2.05, 4.69) is 19.2 Å². The predicted octanol–water partition coefficient (Wildman–Crippen LogP) is 4.09. The zero-order chi connectivity index (χ0) is 13.6. The lowest BCUT2D eigenvalue weighted by atomic mass is 10.1. The number of hydrogen-bond acceptors (Lipinski definition) is 2. The van der Waals surface area contributed by atoms with Crippen LogP contribution in [0.4, 0.5) is 18.9 Å². The average Bonchev–Trinajstić information content (AvgIpc) is 2.26. The first-order chi connectivity index (χ1) is 8.38. The zero-order valence-corrected chi connectivity index (χ0v) is 10.6. The molecule has 0 amide bonds. The molecule has 0 saturated carbocycles. The summed E-state index contributed by atoms with van der Waals surface area (Å²) in [7, 11) is 0. The Morgan fingerprint density at radius 1 is 1.22 bits per heavy atom. The van der Waals surface area contributed by atoms with E-state index in [4.69, 9.17) is 4.74 Å². The molecule has 0 radical (unpaired) electrons. The van der Waals surface area contributed by atoms with Crippen LogP contribution in [0.15, 0.2) is 24.3 Å². The zero-order valence-electron chi connectivity index (χ0n) is 10.6. The van der Waals surface area contributed by atoms with Crippen LogP contribution >= 0.6 is 0 Å². The molecule has 0 bridgehead atoms. The Morgan fingerprint density at radius 3 is 2.50 bits per heavy atom. The summed E-state index contributed by atoms with van der Waals surface area (Å²) in [5.41, 5.74) is 0.599. The van der Waals surface area contributed by atoms with E-state index in [1.807, 2.05) is 0 Å². The Bertz CT molecular complexity index is 363. The van der Waals surface area contributed by atoms with Gasteiger partial charge in [-0.15, -0.1) is 0 Å². The molecule has 102 valence electrons. The van der Waals surface area contributed by atoms with Crippen molar-refractivity contribution in [3.05, 3.63) is 24.3 Å². The molecule has 0 fully saturated rings. The van der Waals surface area contributed by atoms with Crippen LogP contribution in [0, 0.1) is 5.92 Å². The number of anilines is 1. The number of rotatable bonds is 6. The van der Waals surface area contributed by atoms with E-state index in [0.717, 1.165) is 6.42 Å². The second-order valence-corrected chi connectivity index (χ2v) is 4.51. The highest BCUT2D eigenvalue weighted by atomic mass is 19.4. The molecule has 1 rings (SSSR count). The maximum Gasteiger partial charge on any atom is 0.422 e. The van der Waals surface area contributed by atoms with Gasteiger partial charge in [0.15, 0.2) is 6.61 Å². The van der Waals surface area contributed by atoms with Crippen molar-refractivity contribution >= 4 is 5.69 Å². The smallest absolute Gasteiger partial charge is 0.422 e. The molecule has 0 heterocycles. The van der Waals surface area contributed by atoms with E-state index in [-0.39, 0.29) is 5.75 Å². The fourth-order valence-electron chi connectivity index (χ4n) is 1.39. The molecule has 0 atom stereocenters. The lowest BCUT2D eigenvalue weighted by molar-refractivity contribution is -0.153. The third kappa shape index (κ3) is 5.80. The van der Waals surface area contributed by atoms with Crippen LogP contribution < -0.4 is 10.1 Å². The Morgan fingerprint density at radius 2 is 1.89 bits per heavy atom. The molecule has 1 aromatic carbocycles. The summed E-state index contributed by atoms with van der Waals surface area (Å²) in [5, 5.41) is 3.09. The number of benzene rings is 1. The normalized spacial score (nSPS) is 11.7. The molecule has 0 unspecified atom stereocenters. The van der Waals surface area contributed by atoms with Gasteiger partial charge >= 0.3 is 6.18 Å². The first-order valence-electron chi connectivity index (χ1n) is 5.91. The van der Waals surface area contributed by atoms with E-state index in [1.54, 1.807) is 18.2 Å². The van der Waals surface area contributed by atoms with Crippen molar-refractivity contribution in [2.75, 3.05) is 18.5 Å². The minimum absolute atomic E-state index is 0.235. The van der Waals surface area contributed by atoms with Crippen molar-refractivity contribution in [2.24, 2.45) is 5.92 Å². The van der Waals surface area contributed by atoms with Crippen molar-refractivity contribution in [1.82, 2.24) is 0 Å². The largest absolute Gasteiger partial charge is 0.482 e. The quantitative estimate of drug-likeness (QED) is 0.833. The van der Waals surface area contributed by atoms with Crippen molar-refractivity contribution in [3.63, 3.8) is 0 Å². The fourth-order valence-corrected chi connectivity index (χ4v) is 1.39. The van der Waals surface area contributed by atoms with Crippen LogP contribution in [0.2, 0.25) is 0 Å². The minimum atomic E-state index is -4.31. The van der Waals surface area contributed by atoms with Crippen LogP contribution in [-0.2, 0) is 0 Å². The highest BCUT2D eigenvalue weighted by Crippen LogP contribution is 2.26. The van der Waals surface area contributed by atoms with E-state index in [1.165, 1.54) is 6.07 Å². The van der Waals surface area contributed by atoms with Crippen molar-refractivity contribution in [1.29, 1.82) is 0 Å². The molecule has 1 aromatic rings. The van der Waals surface area contributed by atoms with Crippen LogP contribution in [0.25, 0.3) is 0 Å². The molecule has 0 aromatic heterocycles. The van der Waals surface area contributed by atoms with Gasteiger partial charge < -0.3 is 10.1 Å². The number of alkyl halides is 3. The van der Waals surface area contributed by atoms with Gasteiger partial charge in [0.1, 0.15) is 5.75 Å². The standard InChI is InChI=1S/C13H18F3NO/c1-10(2)7-8-17-11-5-3-4-6-12(11)18-9-13(14,15)16/h3-6,10,17H,7-9H2,1-2H3. The Kier molecular flexibility index (Phi) is 5.31. The minimum Gasteiger partial charge on any atom is -0.482 e. The summed E-state index contributed by atoms with van der Waals surface area (Å²) in [6.45, 7) is 3.63. The van der Waals surface area contributed by atoms with Gasteiger partial charge in [0.25, 0.3) is 0 Å².